The van der Waals surface area contributed by atoms with Crippen LogP contribution in [-0.2, 0) is 9.59 Å². The van der Waals surface area contributed by atoms with Crippen molar-refractivity contribution in [3.63, 3.8) is 0 Å². The molecule has 6 heteroatoms. The molecule has 0 saturated heterocycles. The van der Waals surface area contributed by atoms with E-state index in [4.69, 9.17) is 0 Å². The number of ether oxygens (including phenoxy) is 1. The molecule has 2 heterocycles. The topological polar surface area (TPSA) is 74.6 Å². The molecule has 1 aromatic heterocycles. The van der Waals surface area contributed by atoms with Crippen LogP contribution in [-0.4, -0.2) is 16.7 Å². The number of carbonyl (C=O) groups excluding carboxylic acids is 2. The molecule has 0 atom stereocenters. The standard InChI is InChI=1S/C7H3NO5/c9-5-4-2-1-3-8(5)13-7(11)6(10)12-4/h1-3H. The lowest BCUT2D eigenvalue weighted by atomic mass is 10.4. The average molecular weight is 181 g/mol. The van der Waals surface area contributed by atoms with E-state index in [-0.39, 0.29) is 5.75 Å². The largest absolute Gasteiger partial charge is 0.442 e. The molecular weight excluding hydrogens is 178 g/mol. The van der Waals surface area contributed by atoms with Crippen LogP contribution in [0.3, 0.4) is 0 Å². The fraction of sp³-hybridized carbons (Fsp3) is 0. The Balaban J connectivity index is 2.64. The van der Waals surface area contributed by atoms with Crippen molar-refractivity contribution in [1.82, 2.24) is 4.73 Å². The van der Waals surface area contributed by atoms with Crippen LogP contribution in [0.1, 0.15) is 0 Å². The van der Waals surface area contributed by atoms with Crippen LogP contribution >= 0.6 is 0 Å². The van der Waals surface area contributed by atoms with Crippen molar-refractivity contribution in [1.29, 1.82) is 0 Å². The Kier molecular flexibility index (Phi) is 1.42. The second-order valence-electron chi connectivity index (χ2n) is 2.27. The first kappa shape index (κ1) is 7.53. The van der Waals surface area contributed by atoms with Gasteiger partial charge in [0, 0.05) is 6.20 Å². The first-order valence-electron chi connectivity index (χ1n) is 3.34. The highest BCUT2D eigenvalue weighted by Gasteiger charge is 2.25. The molecule has 2 rings (SSSR count). The van der Waals surface area contributed by atoms with Gasteiger partial charge in [0.1, 0.15) is 0 Å². The van der Waals surface area contributed by atoms with Crippen molar-refractivity contribution in [2.24, 2.45) is 0 Å². The van der Waals surface area contributed by atoms with Crippen LogP contribution in [0.5, 0.6) is 5.75 Å². The Morgan fingerprint density at radius 2 is 1.92 bits per heavy atom. The Bertz CT molecular complexity index is 409. The number of hydrogen-bond acceptors (Lipinski definition) is 5. The van der Waals surface area contributed by atoms with E-state index in [1.807, 2.05) is 0 Å². The predicted molar refractivity (Wildman–Crippen MR) is 37.9 cm³/mol. The van der Waals surface area contributed by atoms with Gasteiger partial charge < -0.3 is 9.57 Å². The molecule has 1 aromatic rings. The molecule has 0 spiro atoms. The number of carbonyl (C=O) groups is 2. The molecule has 1 aliphatic rings. The van der Waals surface area contributed by atoms with Crippen LogP contribution < -0.4 is 15.1 Å². The van der Waals surface area contributed by atoms with Crippen LogP contribution in [0.2, 0.25) is 0 Å². The lowest BCUT2D eigenvalue weighted by Gasteiger charge is -1.97. The number of nitrogens with zero attached hydrogens (tertiary/aromatic N) is 1. The lowest BCUT2D eigenvalue weighted by Crippen LogP contribution is -2.30. The molecule has 0 saturated carbocycles. The van der Waals surface area contributed by atoms with Gasteiger partial charge in [0.05, 0.1) is 0 Å². The molecule has 1 aliphatic heterocycles. The molecule has 0 aromatic carbocycles. The molecule has 13 heavy (non-hydrogen) atoms. The molecule has 0 unspecified atom stereocenters. The third-order valence-corrected chi connectivity index (χ3v) is 1.43. The maximum atomic E-state index is 11.2. The van der Waals surface area contributed by atoms with Crippen molar-refractivity contribution >= 4 is 11.9 Å². The summed E-state index contributed by atoms with van der Waals surface area (Å²) in [7, 11) is 0. The molecule has 0 aliphatic carbocycles. The molecule has 0 N–H and O–H groups in total. The fourth-order valence-electron chi connectivity index (χ4n) is 0.874. The van der Waals surface area contributed by atoms with Gasteiger partial charge in [-0.2, -0.15) is 0 Å². The van der Waals surface area contributed by atoms with E-state index in [2.05, 4.69) is 9.57 Å². The summed E-state index contributed by atoms with van der Waals surface area (Å²) in [5, 5.41) is 0. The summed E-state index contributed by atoms with van der Waals surface area (Å²) in [4.78, 5) is 37.0. The summed E-state index contributed by atoms with van der Waals surface area (Å²) < 4.78 is 5.05. The van der Waals surface area contributed by atoms with E-state index >= 15 is 0 Å². The van der Waals surface area contributed by atoms with Gasteiger partial charge in [-0.1, -0.05) is 0 Å². The second kappa shape index (κ2) is 2.44. The zero-order chi connectivity index (χ0) is 9.42. The highest BCUT2D eigenvalue weighted by atomic mass is 16.7. The van der Waals surface area contributed by atoms with Crippen molar-refractivity contribution < 1.29 is 19.2 Å². The van der Waals surface area contributed by atoms with Crippen LogP contribution in [0, 0.1) is 0 Å². The number of hydrogen-bond donors (Lipinski definition) is 0. The summed E-state index contributed by atoms with van der Waals surface area (Å²) in [6, 6.07) is 2.70. The van der Waals surface area contributed by atoms with E-state index in [9.17, 15) is 14.4 Å². The second-order valence-corrected chi connectivity index (χ2v) is 2.27. The normalized spacial score (nSPS) is 14.5. The van der Waals surface area contributed by atoms with Crippen LogP contribution in [0.4, 0.5) is 0 Å². The van der Waals surface area contributed by atoms with Crippen molar-refractivity contribution in [3.8, 4) is 5.75 Å². The highest BCUT2D eigenvalue weighted by molar-refractivity contribution is 6.30. The third-order valence-electron chi connectivity index (χ3n) is 1.43. The minimum atomic E-state index is -1.22. The SMILES string of the molecule is O=C1Oc2cccn(c2=O)OC1=O. The monoisotopic (exact) mass is 181 g/mol. The summed E-state index contributed by atoms with van der Waals surface area (Å²) in [6.07, 6.45) is 1.21. The number of esters is 1. The minimum Gasteiger partial charge on any atom is -0.412 e. The Morgan fingerprint density at radius 1 is 1.15 bits per heavy atom. The van der Waals surface area contributed by atoms with Gasteiger partial charge in [0.25, 0.3) is 0 Å². The van der Waals surface area contributed by atoms with Crippen LogP contribution in [0.15, 0.2) is 23.1 Å². The van der Waals surface area contributed by atoms with Gasteiger partial charge in [-0.25, -0.2) is 9.59 Å². The van der Waals surface area contributed by atoms with Crippen molar-refractivity contribution in [2.75, 3.05) is 0 Å². The maximum absolute atomic E-state index is 11.2. The number of rotatable bonds is 0. The lowest BCUT2D eigenvalue weighted by molar-refractivity contribution is -0.161. The average Bonchev–Trinajstić information content (AvgIpc) is 2.19. The Morgan fingerprint density at radius 3 is 2.69 bits per heavy atom. The van der Waals surface area contributed by atoms with Crippen molar-refractivity contribution in [3.05, 3.63) is 28.7 Å². The summed E-state index contributed by atoms with van der Waals surface area (Å²) in [5.41, 5.74) is -0.679. The van der Waals surface area contributed by atoms with E-state index in [1.54, 1.807) is 0 Å². The maximum Gasteiger partial charge on any atom is 0.442 e. The van der Waals surface area contributed by atoms with Crippen molar-refractivity contribution in [2.45, 2.75) is 0 Å². The number of pyridine rings is 1. The Labute approximate surface area is 71.3 Å². The molecule has 6 nitrogen and oxygen atoms in total. The molecule has 66 valence electrons. The van der Waals surface area contributed by atoms with Gasteiger partial charge in [-0.3, -0.25) is 4.79 Å². The molecule has 0 fully saturated rings. The Hall–Kier alpha value is -2.11. The zero-order valence-corrected chi connectivity index (χ0v) is 6.22. The van der Waals surface area contributed by atoms with Crippen LogP contribution in [0.25, 0.3) is 0 Å². The fourth-order valence-corrected chi connectivity index (χ4v) is 0.874. The smallest absolute Gasteiger partial charge is 0.412 e. The molecule has 0 amide bonds. The van der Waals surface area contributed by atoms with E-state index in [0.29, 0.717) is 4.73 Å². The number of fused-ring (bicyclic) bond motifs is 2. The van der Waals surface area contributed by atoms with Gasteiger partial charge in [-0.15, -0.1) is 4.73 Å². The van der Waals surface area contributed by atoms with E-state index in [1.165, 1.54) is 18.3 Å². The quantitative estimate of drug-likeness (QED) is 0.368. The third kappa shape index (κ3) is 1.08. The van der Waals surface area contributed by atoms with Gasteiger partial charge in [0.15, 0.2) is 5.75 Å². The summed E-state index contributed by atoms with van der Waals surface area (Å²) in [5.74, 6) is -2.65. The van der Waals surface area contributed by atoms with Gasteiger partial charge in [0.2, 0.25) is 0 Å². The number of aromatic nitrogens is 1. The zero-order valence-electron chi connectivity index (χ0n) is 6.22. The molecule has 0 radical (unpaired) electrons. The first-order chi connectivity index (χ1) is 6.18. The molecule has 2 bridgehead atoms. The minimum absolute atomic E-state index is 0.224. The summed E-state index contributed by atoms with van der Waals surface area (Å²) >= 11 is 0. The summed E-state index contributed by atoms with van der Waals surface area (Å²) in [6.45, 7) is 0. The predicted octanol–water partition coefficient (Wildman–Crippen LogP) is -1.28. The van der Waals surface area contributed by atoms with E-state index < -0.39 is 17.5 Å². The molecular formula is C7H3NO5. The van der Waals surface area contributed by atoms with E-state index in [0.717, 1.165) is 0 Å². The highest BCUT2D eigenvalue weighted by Crippen LogP contribution is 2.04. The van der Waals surface area contributed by atoms with Gasteiger partial charge >= 0.3 is 17.5 Å². The van der Waals surface area contributed by atoms with Gasteiger partial charge in [-0.05, 0) is 12.1 Å². The first-order valence-corrected chi connectivity index (χ1v) is 3.34.